The van der Waals surface area contributed by atoms with Crippen molar-refractivity contribution in [1.29, 1.82) is 0 Å². The molecule has 0 spiro atoms. The fourth-order valence-corrected chi connectivity index (χ4v) is 2.68. The van der Waals surface area contributed by atoms with Gasteiger partial charge < -0.3 is 15.0 Å². The highest BCUT2D eigenvalue weighted by atomic mass is 32.1. The van der Waals surface area contributed by atoms with Crippen LogP contribution in [0.3, 0.4) is 0 Å². The first kappa shape index (κ1) is 11.0. The minimum absolute atomic E-state index is 0.118. The zero-order valence-electron chi connectivity index (χ0n) is 9.52. The van der Waals surface area contributed by atoms with Gasteiger partial charge in [0, 0.05) is 19.0 Å². The number of nitrogens with one attached hydrogen (secondary N) is 1. The molecule has 0 atom stereocenters. The topological polar surface area (TPSA) is 54.5 Å². The van der Waals surface area contributed by atoms with Gasteiger partial charge in [-0.15, -0.1) is 0 Å². The van der Waals surface area contributed by atoms with E-state index in [4.69, 9.17) is 4.74 Å². The molecule has 17 heavy (non-hydrogen) atoms. The molecule has 2 heterocycles. The SMILES string of the molecule is O=C(Nc1ncc(N2CCOCC2)s1)C1CC1. The summed E-state index contributed by atoms with van der Waals surface area (Å²) in [6.07, 6.45) is 3.87. The number of aromatic nitrogens is 1. The number of morpholine rings is 1. The monoisotopic (exact) mass is 253 g/mol. The Bertz CT molecular complexity index is 411. The molecule has 2 fully saturated rings. The minimum atomic E-state index is 0.118. The van der Waals surface area contributed by atoms with Crippen LogP contribution in [0.5, 0.6) is 0 Å². The summed E-state index contributed by atoms with van der Waals surface area (Å²) in [7, 11) is 0. The largest absolute Gasteiger partial charge is 0.378 e. The summed E-state index contributed by atoms with van der Waals surface area (Å²) in [5, 5.41) is 4.70. The van der Waals surface area contributed by atoms with E-state index >= 15 is 0 Å². The van der Waals surface area contributed by atoms with Gasteiger partial charge >= 0.3 is 0 Å². The first-order valence-electron chi connectivity index (χ1n) is 5.92. The molecule has 1 saturated heterocycles. The second kappa shape index (κ2) is 4.62. The molecule has 92 valence electrons. The number of rotatable bonds is 3. The molecule has 1 N–H and O–H groups in total. The van der Waals surface area contributed by atoms with Crippen LogP contribution in [-0.4, -0.2) is 37.2 Å². The zero-order valence-corrected chi connectivity index (χ0v) is 10.3. The fraction of sp³-hybridized carbons (Fsp3) is 0.636. The van der Waals surface area contributed by atoms with Crippen LogP contribution in [0, 0.1) is 5.92 Å². The molecule has 1 aliphatic carbocycles. The van der Waals surface area contributed by atoms with Gasteiger partial charge in [-0.3, -0.25) is 4.79 Å². The Hall–Kier alpha value is -1.14. The number of carbonyl (C=O) groups is 1. The van der Waals surface area contributed by atoms with E-state index in [1.54, 1.807) is 11.3 Å². The van der Waals surface area contributed by atoms with E-state index in [1.165, 1.54) is 0 Å². The summed E-state index contributed by atoms with van der Waals surface area (Å²) in [5.74, 6) is 0.346. The highest BCUT2D eigenvalue weighted by molar-refractivity contribution is 7.19. The number of amides is 1. The fourth-order valence-electron chi connectivity index (χ4n) is 1.81. The number of nitrogens with zero attached hydrogens (tertiary/aromatic N) is 2. The maximum Gasteiger partial charge on any atom is 0.229 e. The summed E-state index contributed by atoms with van der Waals surface area (Å²) in [6.45, 7) is 3.33. The Balaban J connectivity index is 1.62. The predicted molar refractivity (Wildman–Crippen MR) is 66.5 cm³/mol. The molecule has 3 rings (SSSR count). The van der Waals surface area contributed by atoms with Crippen LogP contribution in [0.4, 0.5) is 10.1 Å². The Morgan fingerprint density at radius 1 is 1.47 bits per heavy atom. The molecule has 0 radical (unpaired) electrons. The smallest absolute Gasteiger partial charge is 0.229 e. The summed E-state index contributed by atoms with van der Waals surface area (Å²) < 4.78 is 5.31. The normalized spacial score (nSPS) is 20.4. The third-order valence-electron chi connectivity index (χ3n) is 2.99. The lowest BCUT2D eigenvalue weighted by Crippen LogP contribution is -2.35. The maximum atomic E-state index is 11.6. The van der Waals surface area contributed by atoms with E-state index in [-0.39, 0.29) is 11.8 Å². The van der Waals surface area contributed by atoms with Gasteiger partial charge in [0.05, 0.1) is 19.4 Å². The molecule has 5 nitrogen and oxygen atoms in total. The Morgan fingerprint density at radius 2 is 2.24 bits per heavy atom. The van der Waals surface area contributed by atoms with Gasteiger partial charge in [-0.05, 0) is 12.8 Å². The van der Waals surface area contributed by atoms with E-state index in [9.17, 15) is 4.79 Å². The van der Waals surface area contributed by atoms with Crippen LogP contribution in [0.25, 0.3) is 0 Å². The van der Waals surface area contributed by atoms with E-state index in [0.29, 0.717) is 5.13 Å². The molecule has 1 amide bonds. The van der Waals surface area contributed by atoms with Gasteiger partial charge in [0.2, 0.25) is 5.91 Å². The van der Waals surface area contributed by atoms with Crippen molar-refractivity contribution in [3.63, 3.8) is 0 Å². The second-order valence-corrected chi connectivity index (χ2v) is 5.38. The highest BCUT2D eigenvalue weighted by Gasteiger charge is 2.30. The maximum absolute atomic E-state index is 11.6. The van der Waals surface area contributed by atoms with Crippen LogP contribution < -0.4 is 10.2 Å². The van der Waals surface area contributed by atoms with Crippen LogP contribution in [-0.2, 0) is 9.53 Å². The molecule has 0 aromatic carbocycles. The van der Waals surface area contributed by atoms with Crippen molar-refractivity contribution < 1.29 is 9.53 Å². The lowest BCUT2D eigenvalue weighted by Gasteiger charge is -2.26. The highest BCUT2D eigenvalue weighted by Crippen LogP contribution is 2.32. The van der Waals surface area contributed by atoms with Crippen molar-refractivity contribution in [1.82, 2.24) is 4.98 Å². The number of ether oxygens (including phenoxy) is 1. The van der Waals surface area contributed by atoms with Gasteiger partial charge in [0.25, 0.3) is 0 Å². The summed E-state index contributed by atoms with van der Waals surface area (Å²) in [6, 6.07) is 0. The molecule has 0 bridgehead atoms. The quantitative estimate of drug-likeness (QED) is 0.883. The van der Waals surface area contributed by atoms with Gasteiger partial charge in [0.15, 0.2) is 5.13 Å². The molecule has 1 saturated carbocycles. The lowest BCUT2D eigenvalue weighted by molar-refractivity contribution is -0.117. The lowest BCUT2D eigenvalue weighted by atomic mass is 10.4. The van der Waals surface area contributed by atoms with E-state index in [1.807, 2.05) is 6.20 Å². The molecule has 6 heteroatoms. The van der Waals surface area contributed by atoms with Gasteiger partial charge in [0.1, 0.15) is 5.00 Å². The predicted octanol–water partition coefficient (Wildman–Crippen LogP) is 1.33. The first-order valence-corrected chi connectivity index (χ1v) is 6.74. The summed E-state index contributed by atoms with van der Waals surface area (Å²) in [4.78, 5) is 18.1. The number of hydrogen-bond acceptors (Lipinski definition) is 5. The van der Waals surface area contributed by atoms with E-state index < -0.39 is 0 Å². The molecule has 0 unspecified atom stereocenters. The number of anilines is 2. The van der Waals surface area contributed by atoms with Gasteiger partial charge in [-0.1, -0.05) is 11.3 Å². The summed E-state index contributed by atoms with van der Waals surface area (Å²) >= 11 is 1.54. The van der Waals surface area contributed by atoms with Crippen molar-refractivity contribution in [2.75, 3.05) is 36.5 Å². The van der Waals surface area contributed by atoms with Crippen LogP contribution in [0.1, 0.15) is 12.8 Å². The van der Waals surface area contributed by atoms with Crippen molar-refractivity contribution in [2.24, 2.45) is 5.92 Å². The molecule has 1 aromatic heterocycles. The minimum Gasteiger partial charge on any atom is -0.378 e. The van der Waals surface area contributed by atoms with Crippen LogP contribution >= 0.6 is 11.3 Å². The second-order valence-electron chi connectivity index (χ2n) is 4.37. The van der Waals surface area contributed by atoms with Gasteiger partial charge in [-0.25, -0.2) is 4.98 Å². The molecular formula is C11H15N3O2S. The summed E-state index contributed by atoms with van der Waals surface area (Å²) in [5.41, 5.74) is 0. The average Bonchev–Trinajstić information content (AvgIpc) is 3.12. The molecule has 2 aliphatic rings. The number of carbonyl (C=O) groups excluding carboxylic acids is 1. The standard InChI is InChI=1S/C11H15N3O2S/c15-10(8-1-2-8)13-11-12-7-9(17-11)14-3-5-16-6-4-14/h7-8H,1-6H2,(H,12,13,15). The molecular weight excluding hydrogens is 238 g/mol. The van der Waals surface area contributed by atoms with Crippen molar-refractivity contribution in [3.05, 3.63) is 6.20 Å². The van der Waals surface area contributed by atoms with Gasteiger partial charge in [-0.2, -0.15) is 0 Å². The van der Waals surface area contributed by atoms with E-state index in [2.05, 4.69) is 15.2 Å². The van der Waals surface area contributed by atoms with Crippen LogP contribution in [0.15, 0.2) is 6.20 Å². The Kier molecular flexibility index (Phi) is 2.98. The number of hydrogen-bond donors (Lipinski definition) is 1. The molecule has 1 aromatic rings. The van der Waals surface area contributed by atoms with Crippen LogP contribution in [0.2, 0.25) is 0 Å². The van der Waals surface area contributed by atoms with Crippen molar-refractivity contribution in [3.8, 4) is 0 Å². The average molecular weight is 253 g/mol. The number of thiazole rings is 1. The first-order chi connectivity index (χ1) is 8.33. The van der Waals surface area contributed by atoms with E-state index in [0.717, 1.165) is 44.1 Å². The Morgan fingerprint density at radius 3 is 2.94 bits per heavy atom. The zero-order chi connectivity index (χ0) is 11.7. The molecule has 1 aliphatic heterocycles. The third kappa shape index (κ3) is 2.58. The van der Waals surface area contributed by atoms with Crippen molar-refractivity contribution >= 4 is 27.4 Å². The van der Waals surface area contributed by atoms with Crippen molar-refractivity contribution in [2.45, 2.75) is 12.8 Å². The third-order valence-corrected chi connectivity index (χ3v) is 3.97. The Labute approximate surface area is 104 Å².